The molecular weight excluding hydrogens is 550 g/mol. The fourth-order valence-electron chi connectivity index (χ4n) is 4.99. The first kappa shape index (κ1) is 39.4. The number of amides is 1. The van der Waals surface area contributed by atoms with Crippen LogP contribution in [0.3, 0.4) is 0 Å². The van der Waals surface area contributed by atoms with Crippen molar-refractivity contribution in [3.8, 4) is 0 Å². The molecule has 43 heavy (non-hydrogen) atoms. The van der Waals surface area contributed by atoms with Gasteiger partial charge in [0.2, 0.25) is 5.91 Å². The third-order valence-corrected chi connectivity index (χ3v) is 7.76. The van der Waals surface area contributed by atoms with E-state index in [-0.39, 0.29) is 12.5 Å². The minimum Gasteiger partial charge on any atom is -0.394 e. The topological polar surface area (TPSA) is 149 Å². The van der Waals surface area contributed by atoms with E-state index in [0.717, 1.165) is 89.9 Å². The average molecular weight is 612 g/mol. The summed E-state index contributed by atoms with van der Waals surface area (Å²) in [6.07, 6.45) is 20.5. The lowest BCUT2D eigenvalue weighted by atomic mass is 9.99. The molecule has 0 aromatic heterocycles. The standard InChI is InChI=1S/C34H61NO8/c1-3-5-7-9-10-11-12-13-14-15-16-17-18-20-22-24-30(38)35-27(28(37)23-21-19-8-6-4-2)26-42-34-33(41)32(40)31(39)29(25-36)43-34/h5,7,10-11,13-14,27-29,31-34,36-37,39-41H,3-4,6,8-9,12,15-26H2,1-2H3,(H,35,38)/b7-5-,11-10-,14-13-. The molecule has 0 bridgehead atoms. The van der Waals surface area contributed by atoms with Gasteiger partial charge in [0.25, 0.3) is 0 Å². The molecule has 0 aromatic carbocycles. The average Bonchev–Trinajstić information content (AvgIpc) is 3.00. The number of carbonyl (C=O) groups excluding carboxylic acids is 1. The molecule has 1 rings (SSSR count). The van der Waals surface area contributed by atoms with Gasteiger partial charge in [-0.15, -0.1) is 0 Å². The van der Waals surface area contributed by atoms with Crippen LogP contribution in [0.4, 0.5) is 0 Å². The molecule has 7 unspecified atom stereocenters. The number of hydrogen-bond donors (Lipinski definition) is 6. The molecule has 1 saturated heterocycles. The molecule has 7 atom stereocenters. The Bertz CT molecular complexity index is 771. The first-order valence-electron chi connectivity index (χ1n) is 16.7. The smallest absolute Gasteiger partial charge is 0.220 e. The van der Waals surface area contributed by atoms with Gasteiger partial charge in [0.05, 0.1) is 25.4 Å². The zero-order valence-corrected chi connectivity index (χ0v) is 26.7. The van der Waals surface area contributed by atoms with Crippen LogP contribution in [0, 0.1) is 0 Å². The quantitative estimate of drug-likeness (QED) is 0.0648. The Morgan fingerprint density at radius 3 is 2.14 bits per heavy atom. The third kappa shape index (κ3) is 18.1. The Morgan fingerprint density at radius 2 is 1.44 bits per heavy atom. The molecule has 9 nitrogen and oxygen atoms in total. The Balaban J connectivity index is 2.41. The van der Waals surface area contributed by atoms with Crippen LogP contribution < -0.4 is 5.32 Å². The summed E-state index contributed by atoms with van der Waals surface area (Å²) in [7, 11) is 0. The van der Waals surface area contributed by atoms with Gasteiger partial charge in [0.1, 0.15) is 24.4 Å². The number of aliphatic hydroxyl groups excluding tert-OH is 5. The van der Waals surface area contributed by atoms with Crippen molar-refractivity contribution in [2.45, 2.75) is 159 Å². The first-order chi connectivity index (χ1) is 20.8. The molecule has 0 radical (unpaired) electrons. The van der Waals surface area contributed by atoms with Crippen molar-refractivity contribution in [2.24, 2.45) is 0 Å². The van der Waals surface area contributed by atoms with E-state index in [1.165, 1.54) is 0 Å². The molecule has 6 N–H and O–H groups in total. The van der Waals surface area contributed by atoms with Crippen molar-refractivity contribution in [2.75, 3.05) is 13.2 Å². The third-order valence-electron chi connectivity index (χ3n) is 7.76. The van der Waals surface area contributed by atoms with Gasteiger partial charge in [-0.25, -0.2) is 0 Å². The highest BCUT2D eigenvalue weighted by Crippen LogP contribution is 2.22. The van der Waals surface area contributed by atoms with Crippen LogP contribution in [0.2, 0.25) is 0 Å². The van der Waals surface area contributed by atoms with Crippen molar-refractivity contribution >= 4 is 5.91 Å². The summed E-state index contributed by atoms with van der Waals surface area (Å²) in [5, 5.41) is 53.5. The number of hydrogen-bond acceptors (Lipinski definition) is 8. The van der Waals surface area contributed by atoms with Gasteiger partial charge in [-0.3, -0.25) is 4.79 Å². The summed E-state index contributed by atoms with van der Waals surface area (Å²) < 4.78 is 11.1. The lowest BCUT2D eigenvalue weighted by molar-refractivity contribution is -0.302. The van der Waals surface area contributed by atoms with Crippen LogP contribution in [0.1, 0.15) is 117 Å². The largest absolute Gasteiger partial charge is 0.394 e. The Morgan fingerprint density at radius 1 is 0.814 bits per heavy atom. The summed E-state index contributed by atoms with van der Waals surface area (Å²) in [6.45, 7) is 3.57. The van der Waals surface area contributed by atoms with Crippen molar-refractivity contribution in [1.82, 2.24) is 5.32 Å². The van der Waals surface area contributed by atoms with Gasteiger partial charge in [-0.2, -0.15) is 0 Å². The maximum Gasteiger partial charge on any atom is 0.220 e. The van der Waals surface area contributed by atoms with Crippen molar-refractivity contribution < 1.29 is 39.8 Å². The lowest BCUT2D eigenvalue weighted by Gasteiger charge is -2.40. The number of carbonyl (C=O) groups is 1. The number of nitrogens with one attached hydrogen (secondary N) is 1. The highest BCUT2D eigenvalue weighted by molar-refractivity contribution is 5.76. The number of rotatable bonds is 25. The molecule has 1 heterocycles. The van der Waals surface area contributed by atoms with E-state index >= 15 is 0 Å². The van der Waals surface area contributed by atoms with Crippen LogP contribution >= 0.6 is 0 Å². The normalized spacial score (nSPS) is 24.3. The Kier molecular flexibility index (Phi) is 23.6. The zero-order valence-electron chi connectivity index (χ0n) is 26.7. The minimum absolute atomic E-state index is 0.149. The second-order valence-electron chi connectivity index (χ2n) is 11.6. The van der Waals surface area contributed by atoms with E-state index in [0.29, 0.717) is 12.8 Å². The molecular formula is C34H61NO8. The maximum absolute atomic E-state index is 12.7. The highest BCUT2D eigenvalue weighted by Gasteiger charge is 2.44. The monoisotopic (exact) mass is 611 g/mol. The van der Waals surface area contributed by atoms with Gasteiger partial charge in [0, 0.05) is 6.42 Å². The van der Waals surface area contributed by atoms with Crippen LogP contribution in [-0.2, 0) is 14.3 Å². The van der Waals surface area contributed by atoms with Crippen LogP contribution in [-0.4, -0.2) is 87.5 Å². The minimum atomic E-state index is -1.55. The molecule has 0 saturated carbocycles. The fraction of sp³-hybridized carbons (Fsp3) is 0.794. The van der Waals surface area contributed by atoms with Crippen LogP contribution in [0.25, 0.3) is 0 Å². The summed E-state index contributed by atoms with van der Waals surface area (Å²) in [4.78, 5) is 12.7. The van der Waals surface area contributed by atoms with E-state index in [1.807, 2.05) is 0 Å². The SMILES string of the molecule is CC/C=C\C/C=C\C/C=C\CCCCCCCC(=O)NC(COC1OC(CO)C(O)C(O)C1O)C(O)CCCCCCC. The van der Waals surface area contributed by atoms with Gasteiger partial charge in [-0.1, -0.05) is 102 Å². The Labute approximate surface area is 260 Å². The van der Waals surface area contributed by atoms with E-state index in [4.69, 9.17) is 9.47 Å². The van der Waals surface area contributed by atoms with Gasteiger partial charge in [0.15, 0.2) is 6.29 Å². The summed E-state index contributed by atoms with van der Waals surface area (Å²) >= 11 is 0. The lowest BCUT2D eigenvalue weighted by Crippen LogP contribution is -2.60. The summed E-state index contributed by atoms with van der Waals surface area (Å²) in [5.41, 5.74) is 0. The molecule has 9 heteroatoms. The predicted octanol–water partition coefficient (Wildman–Crippen LogP) is 4.60. The molecule has 0 aliphatic carbocycles. The number of ether oxygens (including phenoxy) is 2. The molecule has 250 valence electrons. The van der Waals surface area contributed by atoms with Crippen LogP contribution in [0.5, 0.6) is 0 Å². The van der Waals surface area contributed by atoms with E-state index in [1.54, 1.807) is 0 Å². The van der Waals surface area contributed by atoms with E-state index in [9.17, 15) is 30.3 Å². The Hall–Kier alpha value is -1.59. The number of allylic oxidation sites excluding steroid dienone is 6. The second-order valence-corrected chi connectivity index (χ2v) is 11.6. The molecule has 1 fully saturated rings. The first-order valence-corrected chi connectivity index (χ1v) is 16.7. The molecule has 1 aliphatic rings. The predicted molar refractivity (Wildman–Crippen MR) is 170 cm³/mol. The fourth-order valence-corrected chi connectivity index (χ4v) is 4.99. The number of aliphatic hydroxyl groups is 5. The molecule has 1 amide bonds. The summed E-state index contributed by atoms with van der Waals surface area (Å²) in [6, 6.07) is -0.722. The van der Waals surface area contributed by atoms with Gasteiger partial charge < -0.3 is 40.3 Å². The van der Waals surface area contributed by atoms with Crippen molar-refractivity contribution in [3.05, 3.63) is 36.5 Å². The van der Waals surface area contributed by atoms with E-state index in [2.05, 4.69) is 55.6 Å². The maximum atomic E-state index is 12.7. The van der Waals surface area contributed by atoms with E-state index < -0.39 is 49.5 Å². The van der Waals surface area contributed by atoms with Crippen LogP contribution in [0.15, 0.2) is 36.5 Å². The molecule has 0 aromatic rings. The van der Waals surface area contributed by atoms with Gasteiger partial charge >= 0.3 is 0 Å². The van der Waals surface area contributed by atoms with Gasteiger partial charge in [-0.05, 0) is 44.9 Å². The molecule has 0 spiro atoms. The number of unbranched alkanes of at least 4 members (excludes halogenated alkanes) is 9. The second kappa shape index (κ2) is 25.7. The zero-order chi connectivity index (χ0) is 31.7. The molecule has 1 aliphatic heterocycles. The summed E-state index contributed by atoms with van der Waals surface area (Å²) in [5.74, 6) is -0.173. The van der Waals surface area contributed by atoms with Crippen molar-refractivity contribution in [3.63, 3.8) is 0 Å². The highest BCUT2D eigenvalue weighted by atomic mass is 16.7. The van der Waals surface area contributed by atoms with Crippen molar-refractivity contribution in [1.29, 1.82) is 0 Å².